The van der Waals surface area contributed by atoms with Gasteiger partial charge in [0.05, 0.1) is 5.69 Å². The van der Waals surface area contributed by atoms with Crippen LogP contribution in [0.1, 0.15) is 17.0 Å². The van der Waals surface area contributed by atoms with Gasteiger partial charge in [0.2, 0.25) is 0 Å². The molecule has 1 aromatic rings. The molecule has 10 heavy (non-hydrogen) atoms. The molecule has 0 aromatic carbocycles. The number of aryl methyl sites for hydroxylation is 2. The lowest BCUT2D eigenvalue weighted by Gasteiger charge is -1.94. The number of halogens is 1. The molecule has 0 aliphatic rings. The van der Waals surface area contributed by atoms with Gasteiger partial charge in [-0.25, -0.2) is 0 Å². The molecule has 0 amide bonds. The second-order valence-electron chi connectivity index (χ2n) is 2.35. The third-order valence-electron chi connectivity index (χ3n) is 1.63. The number of alkyl halides is 1. The summed E-state index contributed by atoms with van der Waals surface area (Å²) in [6.07, 6.45) is 1.06. The molecule has 3 heteroatoms. The van der Waals surface area contributed by atoms with Crippen LogP contribution in [0, 0.1) is 13.8 Å². The molecule has 56 valence electrons. The highest BCUT2D eigenvalue weighted by Crippen LogP contribution is 2.10. The Bertz CT molecular complexity index is 198. The minimum Gasteiger partial charge on any atom is -0.282 e. The smallest absolute Gasteiger partial charge is 0.0626 e. The van der Waals surface area contributed by atoms with Crippen LogP contribution in [0.2, 0.25) is 0 Å². The molecule has 0 saturated heterocycles. The van der Waals surface area contributed by atoms with Crippen molar-refractivity contribution >= 4 is 15.9 Å². The van der Waals surface area contributed by atoms with E-state index in [0.29, 0.717) is 0 Å². The number of nitrogens with zero attached hydrogens (tertiary/aromatic N) is 1. The molecular weight excluding hydrogens is 192 g/mol. The zero-order chi connectivity index (χ0) is 7.56. The van der Waals surface area contributed by atoms with Crippen molar-refractivity contribution in [2.45, 2.75) is 20.3 Å². The summed E-state index contributed by atoms with van der Waals surface area (Å²) in [7, 11) is 0. The van der Waals surface area contributed by atoms with E-state index >= 15 is 0 Å². The number of nitrogens with one attached hydrogen (secondary N) is 1. The summed E-state index contributed by atoms with van der Waals surface area (Å²) < 4.78 is 0. The zero-order valence-electron chi connectivity index (χ0n) is 6.24. The van der Waals surface area contributed by atoms with Gasteiger partial charge >= 0.3 is 0 Å². The standard InChI is InChI=1S/C7H11BrN2/c1-5-7(3-4-8)6(2)10-9-5/h3-4H2,1-2H3,(H,9,10). The molecule has 1 heterocycles. The van der Waals surface area contributed by atoms with Crippen molar-refractivity contribution < 1.29 is 0 Å². The van der Waals surface area contributed by atoms with Gasteiger partial charge in [-0.1, -0.05) is 15.9 Å². The first-order valence-electron chi connectivity index (χ1n) is 3.32. The van der Waals surface area contributed by atoms with Crippen LogP contribution < -0.4 is 0 Å². The van der Waals surface area contributed by atoms with Crippen LogP contribution in [0.5, 0.6) is 0 Å². The van der Waals surface area contributed by atoms with Crippen molar-refractivity contribution in [3.8, 4) is 0 Å². The summed E-state index contributed by atoms with van der Waals surface area (Å²) in [5, 5.41) is 8.05. The van der Waals surface area contributed by atoms with Gasteiger partial charge in [0.25, 0.3) is 0 Å². The van der Waals surface area contributed by atoms with E-state index in [-0.39, 0.29) is 0 Å². The Balaban J connectivity index is 2.87. The lowest BCUT2D eigenvalue weighted by molar-refractivity contribution is 1.02. The Labute approximate surface area is 69.2 Å². The van der Waals surface area contributed by atoms with Crippen molar-refractivity contribution in [3.63, 3.8) is 0 Å². The number of aromatic nitrogens is 2. The summed E-state index contributed by atoms with van der Waals surface area (Å²) in [5.41, 5.74) is 3.66. The van der Waals surface area contributed by atoms with Crippen LogP contribution in [0.4, 0.5) is 0 Å². The monoisotopic (exact) mass is 202 g/mol. The Morgan fingerprint density at radius 2 is 2.20 bits per heavy atom. The number of H-pyrrole nitrogens is 1. The van der Waals surface area contributed by atoms with Gasteiger partial charge in [0.1, 0.15) is 0 Å². The summed E-state index contributed by atoms with van der Waals surface area (Å²) in [6, 6.07) is 0. The van der Waals surface area contributed by atoms with Gasteiger partial charge < -0.3 is 0 Å². The average Bonchev–Trinajstić information content (AvgIpc) is 2.20. The minimum atomic E-state index is 1.01. The van der Waals surface area contributed by atoms with E-state index in [2.05, 4.69) is 33.1 Å². The van der Waals surface area contributed by atoms with E-state index in [9.17, 15) is 0 Å². The maximum atomic E-state index is 4.09. The molecule has 0 spiro atoms. The van der Waals surface area contributed by atoms with Gasteiger partial charge in [0, 0.05) is 11.0 Å². The average molecular weight is 203 g/mol. The normalized spacial score (nSPS) is 10.3. The van der Waals surface area contributed by atoms with Gasteiger partial charge in [-0.3, -0.25) is 5.10 Å². The SMILES string of the molecule is Cc1n[nH]c(C)c1CCBr. The summed E-state index contributed by atoms with van der Waals surface area (Å²) in [5.74, 6) is 0. The fraction of sp³-hybridized carbons (Fsp3) is 0.571. The first-order chi connectivity index (χ1) is 4.75. The highest BCUT2D eigenvalue weighted by molar-refractivity contribution is 9.09. The van der Waals surface area contributed by atoms with Gasteiger partial charge in [-0.2, -0.15) is 5.10 Å². The maximum Gasteiger partial charge on any atom is 0.0626 e. The lowest BCUT2D eigenvalue weighted by Crippen LogP contribution is -1.88. The molecule has 0 atom stereocenters. The van der Waals surface area contributed by atoms with Crippen LogP contribution in [0.25, 0.3) is 0 Å². The van der Waals surface area contributed by atoms with Crippen molar-refractivity contribution in [2.75, 3.05) is 5.33 Å². The Hall–Kier alpha value is -0.310. The minimum absolute atomic E-state index is 1.01. The van der Waals surface area contributed by atoms with Crippen LogP contribution in [0.15, 0.2) is 0 Å². The summed E-state index contributed by atoms with van der Waals surface area (Å²) >= 11 is 3.40. The molecule has 0 radical (unpaired) electrons. The topological polar surface area (TPSA) is 28.7 Å². The number of hydrogen-bond donors (Lipinski definition) is 1. The molecule has 0 unspecified atom stereocenters. The van der Waals surface area contributed by atoms with Crippen molar-refractivity contribution in [1.29, 1.82) is 0 Å². The molecular formula is C7H11BrN2. The van der Waals surface area contributed by atoms with Gasteiger partial charge in [-0.15, -0.1) is 0 Å². The number of rotatable bonds is 2. The number of hydrogen-bond acceptors (Lipinski definition) is 1. The first-order valence-corrected chi connectivity index (χ1v) is 4.44. The highest BCUT2D eigenvalue weighted by Gasteiger charge is 2.03. The van der Waals surface area contributed by atoms with Crippen LogP contribution in [0.3, 0.4) is 0 Å². The van der Waals surface area contributed by atoms with Gasteiger partial charge in [-0.05, 0) is 25.8 Å². The molecule has 1 rings (SSSR count). The van der Waals surface area contributed by atoms with Crippen LogP contribution in [-0.2, 0) is 6.42 Å². The zero-order valence-corrected chi connectivity index (χ0v) is 7.83. The van der Waals surface area contributed by atoms with E-state index in [1.54, 1.807) is 0 Å². The second-order valence-corrected chi connectivity index (χ2v) is 3.14. The second kappa shape index (κ2) is 3.19. The predicted octanol–water partition coefficient (Wildman–Crippen LogP) is 1.96. The van der Waals surface area contributed by atoms with E-state index in [1.165, 1.54) is 11.3 Å². The van der Waals surface area contributed by atoms with Crippen LogP contribution in [-0.4, -0.2) is 15.5 Å². The predicted molar refractivity (Wildman–Crippen MR) is 45.6 cm³/mol. The Morgan fingerprint density at radius 3 is 2.60 bits per heavy atom. The lowest BCUT2D eigenvalue weighted by atomic mass is 10.1. The largest absolute Gasteiger partial charge is 0.282 e. The third kappa shape index (κ3) is 1.40. The Kier molecular flexibility index (Phi) is 2.49. The summed E-state index contributed by atoms with van der Waals surface area (Å²) in [4.78, 5) is 0. The van der Waals surface area contributed by atoms with E-state index < -0.39 is 0 Å². The fourth-order valence-corrected chi connectivity index (χ4v) is 1.43. The molecule has 0 bridgehead atoms. The maximum absolute atomic E-state index is 4.09. The van der Waals surface area contributed by atoms with E-state index in [4.69, 9.17) is 0 Å². The summed E-state index contributed by atoms with van der Waals surface area (Å²) in [6.45, 7) is 4.08. The fourth-order valence-electron chi connectivity index (χ4n) is 1.04. The van der Waals surface area contributed by atoms with Crippen molar-refractivity contribution in [2.24, 2.45) is 0 Å². The molecule has 0 saturated carbocycles. The molecule has 0 aliphatic heterocycles. The quantitative estimate of drug-likeness (QED) is 0.731. The molecule has 2 nitrogen and oxygen atoms in total. The molecule has 1 aromatic heterocycles. The van der Waals surface area contributed by atoms with Crippen molar-refractivity contribution in [1.82, 2.24) is 10.2 Å². The number of aromatic amines is 1. The molecule has 0 aliphatic carbocycles. The first kappa shape index (κ1) is 7.79. The molecule has 1 N–H and O–H groups in total. The Morgan fingerprint density at radius 1 is 1.50 bits per heavy atom. The van der Waals surface area contributed by atoms with Crippen LogP contribution >= 0.6 is 15.9 Å². The third-order valence-corrected chi connectivity index (χ3v) is 2.02. The van der Waals surface area contributed by atoms with E-state index in [0.717, 1.165) is 17.4 Å². The van der Waals surface area contributed by atoms with Crippen molar-refractivity contribution in [3.05, 3.63) is 17.0 Å². The highest BCUT2D eigenvalue weighted by atomic mass is 79.9. The molecule has 0 fully saturated rings. The van der Waals surface area contributed by atoms with Gasteiger partial charge in [0.15, 0.2) is 0 Å². The van der Waals surface area contributed by atoms with E-state index in [1.807, 2.05) is 6.92 Å².